The van der Waals surface area contributed by atoms with Crippen LogP contribution in [-0.2, 0) is 18.3 Å². The largest absolute Gasteiger partial charge is 0.476 e. The van der Waals surface area contributed by atoms with Crippen molar-refractivity contribution >= 4 is 28.8 Å². The lowest BCUT2D eigenvalue weighted by Gasteiger charge is -2.54. The van der Waals surface area contributed by atoms with Gasteiger partial charge in [-0.3, -0.25) is 4.79 Å². The molecule has 10 nitrogen and oxygen atoms in total. The zero-order valence-corrected chi connectivity index (χ0v) is 25.4. The molecule has 2 aromatic heterocycles. The fourth-order valence-corrected chi connectivity index (χ4v) is 8.26. The van der Waals surface area contributed by atoms with Crippen molar-refractivity contribution in [3.05, 3.63) is 53.4 Å². The second-order valence-electron chi connectivity index (χ2n) is 13.6. The van der Waals surface area contributed by atoms with Crippen LogP contribution in [-0.4, -0.2) is 44.6 Å². The Morgan fingerprint density at radius 1 is 1.05 bits per heavy atom. The fourth-order valence-electron chi connectivity index (χ4n) is 8.26. The molecule has 0 radical (unpaired) electrons. The highest BCUT2D eigenvalue weighted by Crippen LogP contribution is 2.53. The number of fused-ring (bicyclic) bond motifs is 1. The number of carbonyl (C=O) groups is 3. The number of aromatic nitrogens is 2. The molecule has 4 fully saturated rings. The SMILES string of the molecule is Cc1oc([C@@H](Cc2cn(C)c3ccccc23)NC(=O)[C@H](CC(C)C)NC(=O)NC2C3CC4CC(C3)CC2C4)nc1C(=O)O. The van der Waals surface area contributed by atoms with E-state index in [0.29, 0.717) is 24.7 Å². The third-order valence-electron chi connectivity index (χ3n) is 9.89. The molecule has 4 aliphatic carbocycles. The minimum Gasteiger partial charge on any atom is -0.476 e. The summed E-state index contributed by atoms with van der Waals surface area (Å²) in [6, 6.07) is 6.32. The summed E-state index contributed by atoms with van der Waals surface area (Å²) in [5, 5.41) is 19.9. The summed E-state index contributed by atoms with van der Waals surface area (Å²) < 4.78 is 7.83. The van der Waals surface area contributed by atoms with Crippen LogP contribution >= 0.6 is 0 Å². The van der Waals surface area contributed by atoms with Gasteiger partial charge in [0.2, 0.25) is 11.8 Å². The highest BCUT2D eigenvalue weighted by molar-refractivity contribution is 5.88. The maximum atomic E-state index is 13.9. The number of carboxylic acid groups (broad SMARTS) is 1. The van der Waals surface area contributed by atoms with E-state index in [1.165, 1.54) is 32.1 Å². The normalized spacial score (nSPS) is 25.6. The van der Waals surface area contributed by atoms with Gasteiger partial charge in [0.1, 0.15) is 17.8 Å². The van der Waals surface area contributed by atoms with E-state index < -0.39 is 18.1 Å². The molecule has 0 spiro atoms. The van der Waals surface area contributed by atoms with E-state index in [9.17, 15) is 19.5 Å². The van der Waals surface area contributed by atoms with Crippen molar-refractivity contribution in [2.75, 3.05) is 0 Å². The lowest BCUT2D eigenvalue weighted by molar-refractivity contribution is -0.124. The van der Waals surface area contributed by atoms with Crippen LogP contribution in [0.5, 0.6) is 0 Å². The van der Waals surface area contributed by atoms with E-state index in [-0.39, 0.29) is 41.2 Å². The molecule has 3 amide bonds. The van der Waals surface area contributed by atoms with Gasteiger partial charge in [0.05, 0.1) is 0 Å². The number of nitrogens with one attached hydrogen (secondary N) is 3. The molecule has 4 saturated carbocycles. The maximum Gasteiger partial charge on any atom is 0.358 e. The van der Waals surface area contributed by atoms with Crippen molar-refractivity contribution in [3.8, 4) is 0 Å². The molecule has 3 aromatic rings. The van der Waals surface area contributed by atoms with Crippen molar-refractivity contribution < 1.29 is 23.9 Å². The van der Waals surface area contributed by atoms with Crippen LogP contribution in [0.1, 0.15) is 86.1 Å². The number of oxazole rings is 1. The summed E-state index contributed by atoms with van der Waals surface area (Å²) in [7, 11) is 1.96. The van der Waals surface area contributed by atoms with Crippen LogP contribution < -0.4 is 16.0 Å². The first-order chi connectivity index (χ1) is 20.5. The van der Waals surface area contributed by atoms with Crippen molar-refractivity contribution in [1.82, 2.24) is 25.5 Å². The van der Waals surface area contributed by atoms with E-state index in [0.717, 1.165) is 28.3 Å². The van der Waals surface area contributed by atoms with E-state index in [2.05, 4.69) is 20.9 Å². The number of amides is 3. The third-order valence-corrected chi connectivity index (χ3v) is 9.89. The molecule has 7 rings (SSSR count). The summed E-state index contributed by atoms with van der Waals surface area (Å²) in [5.74, 6) is 1.57. The van der Waals surface area contributed by atoms with Crippen LogP contribution in [0, 0.1) is 36.5 Å². The molecule has 2 heterocycles. The first-order valence-corrected chi connectivity index (χ1v) is 15.7. The minimum atomic E-state index is -1.19. The summed E-state index contributed by atoms with van der Waals surface area (Å²) in [5.41, 5.74) is 1.82. The minimum absolute atomic E-state index is 0.123. The predicted molar refractivity (Wildman–Crippen MR) is 161 cm³/mol. The van der Waals surface area contributed by atoms with E-state index in [4.69, 9.17) is 4.42 Å². The Hall–Kier alpha value is -3.82. The number of nitrogens with zero attached hydrogens (tertiary/aromatic N) is 2. The first kappa shape index (κ1) is 29.3. The Bertz CT molecular complexity index is 1490. The molecule has 0 aliphatic heterocycles. The van der Waals surface area contributed by atoms with Crippen molar-refractivity contribution in [3.63, 3.8) is 0 Å². The van der Waals surface area contributed by atoms with Gasteiger partial charge in [-0.1, -0.05) is 32.0 Å². The van der Waals surface area contributed by atoms with Crippen LogP contribution in [0.4, 0.5) is 4.79 Å². The summed E-state index contributed by atoms with van der Waals surface area (Å²) in [6.45, 7) is 5.58. The number of hydrogen-bond donors (Lipinski definition) is 4. The number of aryl methyl sites for hydroxylation is 2. The zero-order chi connectivity index (χ0) is 30.4. The van der Waals surface area contributed by atoms with Crippen molar-refractivity contribution in [2.24, 2.45) is 36.6 Å². The Morgan fingerprint density at radius 2 is 1.72 bits per heavy atom. The molecular weight excluding hydrogens is 546 g/mol. The van der Waals surface area contributed by atoms with Gasteiger partial charge in [-0.15, -0.1) is 0 Å². The van der Waals surface area contributed by atoms with Crippen LogP contribution in [0.3, 0.4) is 0 Å². The average molecular weight is 590 g/mol. The maximum absolute atomic E-state index is 13.9. The molecule has 1 aromatic carbocycles. The number of benzene rings is 1. The number of para-hydroxylation sites is 1. The number of aromatic carboxylic acids is 1. The highest BCUT2D eigenvalue weighted by atomic mass is 16.4. The lowest BCUT2D eigenvalue weighted by atomic mass is 9.54. The van der Waals surface area contributed by atoms with Gasteiger partial charge in [-0.25, -0.2) is 14.6 Å². The summed E-state index contributed by atoms with van der Waals surface area (Å²) in [4.78, 5) is 43.2. The molecule has 43 heavy (non-hydrogen) atoms. The molecule has 0 saturated heterocycles. The summed E-state index contributed by atoms with van der Waals surface area (Å²) >= 11 is 0. The van der Waals surface area contributed by atoms with Crippen molar-refractivity contribution in [1.29, 1.82) is 0 Å². The number of carboxylic acids is 1. The molecular formula is C33H43N5O5. The van der Waals surface area contributed by atoms with Gasteiger partial charge < -0.3 is 30.0 Å². The zero-order valence-electron chi connectivity index (χ0n) is 25.4. The second kappa shape index (κ2) is 11.7. The highest BCUT2D eigenvalue weighted by Gasteiger charge is 2.48. The van der Waals surface area contributed by atoms with Gasteiger partial charge >= 0.3 is 12.0 Å². The number of urea groups is 1. The molecule has 4 N–H and O–H groups in total. The Labute approximate surface area is 252 Å². The molecule has 4 bridgehead atoms. The number of rotatable bonds is 10. The molecule has 0 unspecified atom stereocenters. The first-order valence-electron chi connectivity index (χ1n) is 15.7. The van der Waals surface area contributed by atoms with Gasteiger partial charge in [-0.05, 0) is 86.7 Å². The quantitative estimate of drug-likeness (QED) is 0.259. The number of carbonyl (C=O) groups excluding carboxylic acids is 2. The van der Waals surface area contributed by atoms with Crippen molar-refractivity contribution in [2.45, 2.75) is 83.8 Å². The van der Waals surface area contributed by atoms with Gasteiger partial charge in [-0.2, -0.15) is 0 Å². The van der Waals surface area contributed by atoms with E-state index in [1.54, 1.807) is 6.92 Å². The molecule has 4 aliphatic rings. The van der Waals surface area contributed by atoms with E-state index >= 15 is 0 Å². The van der Waals surface area contributed by atoms with Crippen LogP contribution in [0.25, 0.3) is 10.9 Å². The van der Waals surface area contributed by atoms with Gasteiger partial charge in [0.25, 0.3) is 0 Å². The topological polar surface area (TPSA) is 138 Å². The predicted octanol–water partition coefficient (Wildman–Crippen LogP) is 5.11. The Kier molecular flexibility index (Phi) is 7.96. The van der Waals surface area contributed by atoms with Crippen LogP contribution in [0.2, 0.25) is 0 Å². The standard InChI is InChI=1S/C33H43N5O5/c1-17(2)9-25(35-33(42)37-29-21-11-19-10-20(13-21)14-22(29)12-19)30(39)34-26(31-36-28(32(40)41)18(3)43-31)15-23-16-38(4)27-8-6-5-7-24(23)27/h5-8,16-17,19-22,25-26,29H,9-15H2,1-4H3,(H,34,39)(H,40,41)(H2,35,37,42)/t19?,20?,21?,22?,25-,26+,29?/m0/s1. The second-order valence-corrected chi connectivity index (χ2v) is 13.6. The van der Waals surface area contributed by atoms with Crippen LogP contribution in [0.15, 0.2) is 34.9 Å². The summed E-state index contributed by atoms with van der Waals surface area (Å²) in [6.07, 6.45) is 8.90. The molecule has 2 atom stereocenters. The van der Waals surface area contributed by atoms with E-state index in [1.807, 2.05) is 55.9 Å². The Balaban J connectivity index is 1.21. The molecule has 10 heteroatoms. The monoisotopic (exact) mass is 589 g/mol. The fraction of sp³-hybridized carbons (Fsp3) is 0.576. The average Bonchev–Trinajstić information content (AvgIpc) is 3.49. The number of hydrogen-bond acceptors (Lipinski definition) is 5. The van der Waals surface area contributed by atoms with Gasteiger partial charge in [0, 0.05) is 36.6 Å². The third kappa shape index (κ3) is 6.01. The Morgan fingerprint density at radius 3 is 2.35 bits per heavy atom. The lowest BCUT2D eigenvalue weighted by Crippen LogP contribution is -2.59. The van der Waals surface area contributed by atoms with Gasteiger partial charge in [0.15, 0.2) is 5.69 Å². The molecule has 230 valence electrons. The smallest absolute Gasteiger partial charge is 0.358 e.